The van der Waals surface area contributed by atoms with E-state index < -0.39 is 11.9 Å². The Labute approximate surface area is 200 Å². The summed E-state index contributed by atoms with van der Waals surface area (Å²) in [6, 6.07) is 7.21. The van der Waals surface area contributed by atoms with Gasteiger partial charge in [-0.15, -0.1) is 11.8 Å². The van der Waals surface area contributed by atoms with Crippen LogP contribution >= 0.6 is 11.8 Å². The molecule has 3 N–H and O–H groups in total. The smallest absolute Gasteiger partial charge is 0.235 e. The van der Waals surface area contributed by atoms with E-state index in [1.54, 1.807) is 12.1 Å². The number of ether oxygens (including phenoxy) is 1. The van der Waals surface area contributed by atoms with Crippen molar-refractivity contribution in [3.05, 3.63) is 47.5 Å². The van der Waals surface area contributed by atoms with Gasteiger partial charge in [0.25, 0.3) is 0 Å². The molecule has 0 spiro atoms. The minimum atomic E-state index is -0.551. The molecule has 3 aromatic heterocycles. The maximum Gasteiger partial charge on any atom is 0.235 e. The third kappa shape index (κ3) is 4.83. The predicted molar refractivity (Wildman–Crippen MR) is 126 cm³/mol. The maximum atomic E-state index is 14.6. The van der Waals surface area contributed by atoms with Crippen LogP contribution in [0.3, 0.4) is 0 Å². The first-order valence-electron chi connectivity index (χ1n) is 11.0. The number of carbonyl (C=O) groups is 1. The lowest BCUT2D eigenvalue weighted by atomic mass is 10.1. The molecule has 5 rings (SSSR count). The SMILES string of the molecule is COc1ccc2ncc(F)c(CCN3CC(NCc4ccc5c(n4)NC(=O)CS5)[C@H](O)C3)c2n1. The van der Waals surface area contributed by atoms with Gasteiger partial charge in [-0.2, -0.15) is 0 Å². The number of carbonyl (C=O) groups excluding carboxylic acids is 1. The summed E-state index contributed by atoms with van der Waals surface area (Å²) in [5, 5.41) is 16.7. The molecule has 0 aromatic carbocycles. The van der Waals surface area contributed by atoms with E-state index in [2.05, 4.69) is 30.5 Å². The standard InChI is InChI=1S/C23H25FN6O3S/c1-33-21-5-3-16-22(29-21)14(15(24)9-26-16)6-7-30-10-17(18(31)11-30)25-8-13-2-4-19-23(27-13)28-20(32)12-34-19/h2-5,9,17-18,25,31H,6-8,10-12H2,1H3,(H,27,28,32)/t17?,18-/m1/s1. The summed E-state index contributed by atoms with van der Waals surface area (Å²) in [4.78, 5) is 27.7. The lowest BCUT2D eigenvalue weighted by Crippen LogP contribution is -2.39. The summed E-state index contributed by atoms with van der Waals surface area (Å²) < 4.78 is 19.8. The van der Waals surface area contributed by atoms with Crippen LogP contribution in [-0.2, 0) is 17.8 Å². The number of nitrogens with zero attached hydrogens (tertiary/aromatic N) is 4. The fraction of sp³-hybridized carbons (Fsp3) is 0.391. The highest BCUT2D eigenvalue weighted by molar-refractivity contribution is 8.00. The zero-order chi connectivity index (χ0) is 23.7. The number of rotatable bonds is 7. The highest BCUT2D eigenvalue weighted by Crippen LogP contribution is 2.29. The first kappa shape index (κ1) is 22.9. The van der Waals surface area contributed by atoms with Crippen LogP contribution in [0, 0.1) is 5.82 Å². The summed E-state index contributed by atoms with van der Waals surface area (Å²) in [6.07, 6.45) is 1.11. The van der Waals surface area contributed by atoms with Crippen molar-refractivity contribution < 1.29 is 19.0 Å². The average Bonchev–Trinajstić information content (AvgIpc) is 3.20. The number of aliphatic hydroxyl groups is 1. The van der Waals surface area contributed by atoms with Gasteiger partial charge >= 0.3 is 0 Å². The molecule has 11 heteroatoms. The van der Waals surface area contributed by atoms with Crippen molar-refractivity contribution in [3.63, 3.8) is 0 Å². The van der Waals surface area contributed by atoms with Crippen molar-refractivity contribution >= 4 is 34.5 Å². The molecule has 0 aliphatic carbocycles. The molecule has 3 aromatic rings. The molecule has 0 saturated carbocycles. The van der Waals surface area contributed by atoms with Crippen molar-refractivity contribution in [1.82, 2.24) is 25.2 Å². The van der Waals surface area contributed by atoms with Crippen molar-refractivity contribution in [2.45, 2.75) is 30.0 Å². The predicted octanol–water partition coefficient (Wildman–Crippen LogP) is 1.59. The monoisotopic (exact) mass is 484 g/mol. The molecule has 9 nitrogen and oxygen atoms in total. The molecule has 2 aliphatic heterocycles. The quantitative estimate of drug-likeness (QED) is 0.460. The summed E-state index contributed by atoms with van der Waals surface area (Å²) in [5.74, 6) is 0.955. The molecular formula is C23H25FN6O3S. The van der Waals surface area contributed by atoms with Crippen LogP contribution in [0.2, 0.25) is 0 Å². The van der Waals surface area contributed by atoms with Crippen LogP contribution in [0.1, 0.15) is 11.3 Å². The Morgan fingerprint density at radius 3 is 3.03 bits per heavy atom. The van der Waals surface area contributed by atoms with Crippen LogP contribution in [0.4, 0.5) is 10.2 Å². The summed E-state index contributed by atoms with van der Waals surface area (Å²) in [6.45, 7) is 2.16. The lowest BCUT2D eigenvalue weighted by Gasteiger charge is -2.18. The van der Waals surface area contributed by atoms with Crippen LogP contribution in [0.5, 0.6) is 5.88 Å². The van der Waals surface area contributed by atoms with Crippen LogP contribution < -0.4 is 15.4 Å². The number of anilines is 1. The number of halogens is 1. The van der Waals surface area contributed by atoms with Gasteiger partial charge in [0.05, 0.1) is 46.8 Å². The Bertz CT molecular complexity index is 1230. The molecule has 34 heavy (non-hydrogen) atoms. The number of β-amino-alcohol motifs (C(OH)–C–C–N with tert-alkyl or cyclic N) is 1. The number of fused-ring (bicyclic) bond motifs is 2. The van der Waals surface area contributed by atoms with Gasteiger partial charge in [-0.05, 0) is 24.6 Å². The minimum absolute atomic E-state index is 0.0518. The Hall–Kier alpha value is -2.86. The third-order valence-corrected chi connectivity index (χ3v) is 7.12. The van der Waals surface area contributed by atoms with Crippen LogP contribution in [-0.4, -0.2) is 75.5 Å². The van der Waals surface area contributed by atoms with E-state index in [9.17, 15) is 14.3 Å². The molecule has 1 fully saturated rings. The van der Waals surface area contributed by atoms with E-state index >= 15 is 0 Å². The Kier molecular flexibility index (Phi) is 6.59. The van der Waals surface area contributed by atoms with Gasteiger partial charge in [-0.1, -0.05) is 0 Å². The number of likely N-dealkylation sites (tertiary alicyclic amines) is 1. The number of nitrogens with one attached hydrogen (secondary N) is 2. The number of methoxy groups -OCH3 is 1. The van der Waals surface area contributed by atoms with E-state index in [4.69, 9.17) is 4.74 Å². The van der Waals surface area contributed by atoms with Gasteiger partial charge in [-0.3, -0.25) is 14.7 Å². The molecule has 1 unspecified atom stereocenters. The van der Waals surface area contributed by atoms with Gasteiger partial charge in [0.1, 0.15) is 11.6 Å². The third-order valence-electron chi connectivity index (χ3n) is 6.07. The van der Waals surface area contributed by atoms with E-state index in [-0.39, 0.29) is 11.9 Å². The van der Waals surface area contributed by atoms with Crippen molar-refractivity contribution in [3.8, 4) is 5.88 Å². The van der Waals surface area contributed by atoms with Crippen LogP contribution in [0.25, 0.3) is 11.0 Å². The second kappa shape index (κ2) is 9.79. The highest BCUT2D eigenvalue weighted by atomic mass is 32.2. The number of hydrogen-bond acceptors (Lipinski definition) is 9. The van der Waals surface area contributed by atoms with Gasteiger partial charge < -0.3 is 20.5 Å². The fourth-order valence-corrected chi connectivity index (χ4v) is 5.04. The lowest BCUT2D eigenvalue weighted by molar-refractivity contribution is -0.113. The molecule has 0 bridgehead atoms. The Morgan fingerprint density at radius 2 is 2.18 bits per heavy atom. The minimum Gasteiger partial charge on any atom is -0.481 e. The number of amides is 1. The normalized spacial score (nSPS) is 20.4. The highest BCUT2D eigenvalue weighted by Gasteiger charge is 2.31. The first-order chi connectivity index (χ1) is 16.5. The van der Waals surface area contributed by atoms with Gasteiger partial charge in [0, 0.05) is 43.9 Å². The van der Waals surface area contributed by atoms with Gasteiger partial charge in [0.2, 0.25) is 11.8 Å². The van der Waals surface area contributed by atoms with Crippen molar-refractivity contribution in [2.75, 3.05) is 37.8 Å². The molecule has 178 valence electrons. The fourth-order valence-electron chi connectivity index (χ4n) is 4.29. The zero-order valence-electron chi connectivity index (χ0n) is 18.6. The number of hydrogen-bond donors (Lipinski definition) is 3. The largest absolute Gasteiger partial charge is 0.481 e. The molecule has 2 aliphatic rings. The van der Waals surface area contributed by atoms with E-state index in [1.807, 2.05) is 12.1 Å². The zero-order valence-corrected chi connectivity index (χ0v) is 19.4. The van der Waals surface area contributed by atoms with Crippen molar-refractivity contribution in [1.29, 1.82) is 0 Å². The summed E-state index contributed by atoms with van der Waals surface area (Å²) in [5.41, 5.74) is 2.40. The second-order valence-corrected chi connectivity index (χ2v) is 9.37. The number of aromatic nitrogens is 3. The maximum absolute atomic E-state index is 14.6. The molecular weight excluding hydrogens is 459 g/mol. The Balaban J connectivity index is 1.20. The Morgan fingerprint density at radius 1 is 1.29 bits per heavy atom. The summed E-state index contributed by atoms with van der Waals surface area (Å²) in [7, 11) is 1.52. The molecule has 5 heterocycles. The van der Waals surface area contributed by atoms with Crippen molar-refractivity contribution in [2.24, 2.45) is 0 Å². The van der Waals surface area contributed by atoms with Crippen LogP contribution in [0.15, 0.2) is 35.4 Å². The number of aliphatic hydroxyl groups excluding tert-OH is 1. The number of thioether (sulfide) groups is 1. The molecule has 0 radical (unpaired) electrons. The molecule has 2 atom stereocenters. The average molecular weight is 485 g/mol. The summed E-state index contributed by atoms with van der Waals surface area (Å²) >= 11 is 1.47. The second-order valence-electron chi connectivity index (χ2n) is 8.36. The van der Waals surface area contributed by atoms with Gasteiger partial charge in [-0.25, -0.2) is 14.4 Å². The van der Waals surface area contributed by atoms with E-state index in [0.717, 1.165) is 10.6 Å². The molecule has 1 amide bonds. The first-order valence-corrected chi connectivity index (χ1v) is 12.0. The topological polar surface area (TPSA) is 112 Å². The molecule has 1 saturated heterocycles. The van der Waals surface area contributed by atoms with E-state index in [0.29, 0.717) is 66.6 Å². The number of pyridine rings is 3. The van der Waals surface area contributed by atoms with Gasteiger partial charge in [0.15, 0.2) is 0 Å². The van der Waals surface area contributed by atoms with E-state index in [1.165, 1.54) is 25.1 Å².